The van der Waals surface area contributed by atoms with Crippen LogP contribution < -0.4 is 0 Å². The van der Waals surface area contributed by atoms with Crippen LogP contribution in [0.4, 0.5) is 0 Å². The molecule has 0 radical (unpaired) electrons. The second-order valence-electron chi connectivity index (χ2n) is 8.69. The minimum atomic E-state index is -0.442. The first kappa shape index (κ1) is 20.4. The van der Waals surface area contributed by atoms with Gasteiger partial charge in [-0.3, -0.25) is 0 Å². The summed E-state index contributed by atoms with van der Waals surface area (Å²) in [4.78, 5) is 0. The summed E-state index contributed by atoms with van der Waals surface area (Å²) >= 11 is 0. The average molecular weight is 435 g/mol. The summed E-state index contributed by atoms with van der Waals surface area (Å²) in [6.45, 7) is 1.03. The van der Waals surface area contributed by atoms with E-state index in [0.29, 0.717) is 13.2 Å². The van der Waals surface area contributed by atoms with Gasteiger partial charge in [0.2, 0.25) is 0 Å². The molecular formula is C30H26O3. The fraction of sp³-hybridized carbons (Fsp3) is 0.200. The van der Waals surface area contributed by atoms with E-state index in [-0.39, 0.29) is 12.2 Å². The van der Waals surface area contributed by atoms with Crippen LogP contribution in [0.1, 0.15) is 22.3 Å². The molecule has 2 fully saturated rings. The molecule has 4 aromatic rings. The van der Waals surface area contributed by atoms with Crippen LogP contribution in [0.25, 0.3) is 0 Å². The summed E-state index contributed by atoms with van der Waals surface area (Å²) in [5.41, 5.74) is 3.77. The van der Waals surface area contributed by atoms with E-state index in [9.17, 15) is 0 Å². The van der Waals surface area contributed by atoms with Crippen LogP contribution in [0, 0.1) is 0 Å². The van der Waals surface area contributed by atoms with Crippen molar-refractivity contribution in [2.45, 2.75) is 23.4 Å². The summed E-state index contributed by atoms with van der Waals surface area (Å²) in [7, 11) is 0. The minimum absolute atomic E-state index is 0.0242. The summed E-state index contributed by atoms with van der Waals surface area (Å²) in [5.74, 6) is 0. The van der Waals surface area contributed by atoms with Gasteiger partial charge in [-0.1, -0.05) is 121 Å². The summed E-state index contributed by atoms with van der Waals surface area (Å²) in [5, 5.41) is 0. The number of ether oxygens (including phenoxy) is 3. The highest BCUT2D eigenvalue weighted by atomic mass is 16.7. The van der Waals surface area contributed by atoms with Gasteiger partial charge in [-0.25, -0.2) is 0 Å². The molecule has 0 bridgehead atoms. The first-order valence-electron chi connectivity index (χ1n) is 11.5. The Morgan fingerprint density at radius 1 is 0.455 bits per heavy atom. The molecule has 4 aromatic carbocycles. The highest BCUT2D eigenvalue weighted by Crippen LogP contribution is 2.53. The van der Waals surface area contributed by atoms with Crippen molar-refractivity contribution in [1.29, 1.82) is 0 Å². The summed E-state index contributed by atoms with van der Waals surface area (Å²) in [6, 6.07) is 41.7. The van der Waals surface area contributed by atoms with Gasteiger partial charge in [0.15, 0.2) is 0 Å². The van der Waals surface area contributed by atoms with Gasteiger partial charge in [0.25, 0.3) is 0 Å². The lowest BCUT2D eigenvalue weighted by Crippen LogP contribution is -2.21. The van der Waals surface area contributed by atoms with Gasteiger partial charge in [0.05, 0.1) is 13.2 Å². The Bertz CT molecular complexity index is 1020. The third kappa shape index (κ3) is 3.50. The van der Waals surface area contributed by atoms with Gasteiger partial charge in [-0.15, -0.1) is 0 Å². The number of benzene rings is 4. The first-order valence-corrected chi connectivity index (χ1v) is 11.5. The predicted molar refractivity (Wildman–Crippen MR) is 128 cm³/mol. The highest BCUT2D eigenvalue weighted by molar-refractivity contribution is 5.44. The topological polar surface area (TPSA) is 34.3 Å². The zero-order valence-corrected chi connectivity index (χ0v) is 18.3. The lowest BCUT2D eigenvalue weighted by molar-refractivity contribution is 0.101. The Kier molecular flexibility index (Phi) is 5.11. The molecule has 0 aliphatic carbocycles. The van der Waals surface area contributed by atoms with Crippen LogP contribution in [-0.4, -0.2) is 25.4 Å². The van der Waals surface area contributed by atoms with Crippen molar-refractivity contribution in [3.05, 3.63) is 144 Å². The molecular weight excluding hydrogens is 408 g/mol. The minimum Gasteiger partial charge on any atom is -0.376 e. The van der Waals surface area contributed by atoms with Gasteiger partial charge in [-0.05, 0) is 22.3 Å². The largest absolute Gasteiger partial charge is 0.376 e. The van der Waals surface area contributed by atoms with Crippen molar-refractivity contribution >= 4 is 0 Å². The van der Waals surface area contributed by atoms with Crippen molar-refractivity contribution in [2.75, 3.05) is 13.2 Å². The van der Waals surface area contributed by atoms with Crippen LogP contribution in [0.3, 0.4) is 0 Å². The zero-order valence-electron chi connectivity index (χ0n) is 18.3. The Morgan fingerprint density at radius 3 is 1.00 bits per heavy atom. The molecule has 164 valence electrons. The van der Waals surface area contributed by atoms with Crippen LogP contribution in [0.2, 0.25) is 0 Å². The Labute approximate surface area is 194 Å². The molecule has 2 aliphatic heterocycles. The first-order chi connectivity index (χ1) is 16.3. The van der Waals surface area contributed by atoms with Crippen LogP contribution in [-0.2, 0) is 25.4 Å². The fourth-order valence-corrected chi connectivity index (χ4v) is 5.06. The molecule has 0 saturated carbocycles. The van der Waals surface area contributed by atoms with Crippen molar-refractivity contribution < 1.29 is 14.2 Å². The molecule has 2 unspecified atom stereocenters. The Balaban J connectivity index is 1.18. The lowest BCUT2D eigenvalue weighted by Gasteiger charge is -2.15. The quantitative estimate of drug-likeness (QED) is 0.334. The molecule has 3 nitrogen and oxygen atoms in total. The predicted octanol–water partition coefficient (Wildman–Crippen LogP) is 5.69. The molecule has 2 atom stereocenters. The van der Waals surface area contributed by atoms with E-state index in [1.807, 2.05) is 24.3 Å². The SMILES string of the molecule is c1ccc(C2(c3ccccc3)OC2COCC2OC2(c2ccccc2)c2ccccc2)cc1. The zero-order chi connectivity index (χ0) is 22.1. The number of rotatable bonds is 8. The molecule has 3 heteroatoms. The maximum Gasteiger partial charge on any atom is 0.147 e. The standard InChI is InChI=1S/C30H26O3/c1-5-13-23(14-6-1)29(24-15-7-2-8-16-24)27(32-29)21-31-22-28-30(33-28,25-17-9-3-10-18-25)26-19-11-4-12-20-26/h1-20,27-28H,21-22H2. The maximum absolute atomic E-state index is 6.33. The Hall–Kier alpha value is -3.24. The van der Waals surface area contributed by atoms with Crippen molar-refractivity contribution in [3.8, 4) is 0 Å². The Morgan fingerprint density at radius 2 is 0.727 bits per heavy atom. The third-order valence-corrected chi connectivity index (χ3v) is 6.80. The molecule has 0 spiro atoms. The second-order valence-corrected chi connectivity index (χ2v) is 8.69. The fourth-order valence-electron chi connectivity index (χ4n) is 5.06. The monoisotopic (exact) mass is 434 g/mol. The lowest BCUT2D eigenvalue weighted by atomic mass is 9.88. The molecule has 0 N–H and O–H groups in total. The molecule has 2 saturated heterocycles. The van der Waals surface area contributed by atoms with E-state index in [0.717, 1.165) is 22.3 Å². The van der Waals surface area contributed by atoms with Gasteiger partial charge in [-0.2, -0.15) is 0 Å². The molecule has 0 amide bonds. The maximum atomic E-state index is 6.33. The third-order valence-electron chi connectivity index (χ3n) is 6.80. The van der Waals surface area contributed by atoms with Gasteiger partial charge in [0.1, 0.15) is 23.4 Å². The molecule has 2 aliphatic rings. The second kappa shape index (κ2) is 8.27. The smallest absolute Gasteiger partial charge is 0.147 e. The normalized spacial score (nSPS) is 21.9. The molecule has 6 rings (SSSR count). The van der Waals surface area contributed by atoms with Gasteiger partial charge in [0, 0.05) is 0 Å². The van der Waals surface area contributed by atoms with E-state index in [4.69, 9.17) is 14.2 Å². The van der Waals surface area contributed by atoms with Gasteiger partial charge >= 0.3 is 0 Å². The van der Waals surface area contributed by atoms with Crippen LogP contribution in [0.5, 0.6) is 0 Å². The van der Waals surface area contributed by atoms with Crippen molar-refractivity contribution in [1.82, 2.24) is 0 Å². The molecule has 2 heterocycles. The van der Waals surface area contributed by atoms with E-state index in [1.165, 1.54) is 0 Å². The van der Waals surface area contributed by atoms with Crippen molar-refractivity contribution in [3.63, 3.8) is 0 Å². The van der Waals surface area contributed by atoms with Crippen molar-refractivity contribution in [2.24, 2.45) is 0 Å². The van der Waals surface area contributed by atoms with E-state index >= 15 is 0 Å². The molecule has 33 heavy (non-hydrogen) atoms. The number of epoxide rings is 2. The number of hydrogen-bond donors (Lipinski definition) is 0. The average Bonchev–Trinajstić information content (AvgIpc) is 3.81. The highest BCUT2D eigenvalue weighted by Gasteiger charge is 2.61. The van der Waals surface area contributed by atoms with Crippen LogP contribution >= 0.6 is 0 Å². The van der Waals surface area contributed by atoms with E-state index < -0.39 is 11.2 Å². The molecule has 0 aromatic heterocycles. The van der Waals surface area contributed by atoms with Crippen LogP contribution in [0.15, 0.2) is 121 Å². The van der Waals surface area contributed by atoms with Gasteiger partial charge < -0.3 is 14.2 Å². The number of hydrogen-bond acceptors (Lipinski definition) is 3. The van der Waals surface area contributed by atoms with E-state index in [1.54, 1.807) is 0 Å². The summed E-state index contributed by atoms with van der Waals surface area (Å²) < 4.78 is 18.9. The van der Waals surface area contributed by atoms with E-state index in [2.05, 4.69) is 97.1 Å². The summed E-state index contributed by atoms with van der Waals surface area (Å²) in [6.07, 6.45) is -0.0483.